The van der Waals surface area contributed by atoms with E-state index >= 15 is 0 Å². The third-order valence-corrected chi connectivity index (χ3v) is 13.7. The van der Waals surface area contributed by atoms with Gasteiger partial charge < -0.3 is 0 Å². The van der Waals surface area contributed by atoms with E-state index in [0.29, 0.717) is 29.3 Å². The lowest BCUT2D eigenvalue weighted by atomic mass is 9.62. The van der Waals surface area contributed by atoms with Gasteiger partial charge in [-0.05, 0) is 80.5 Å². The van der Waals surface area contributed by atoms with Gasteiger partial charge in [0.1, 0.15) is 0 Å². The Kier molecular flexibility index (Phi) is 7.90. The van der Waals surface area contributed by atoms with Crippen LogP contribution in [0, 0.1) is 5.92 Å². The zero-order valence-corrected chi connectivity index (χ0v) is 32.6. The van der Waals surface area contributed by atoms with Gasteiger partial charge >= 0.3 is 0 Å². The molecule has 11 rings (SSSR count). The summed E-state index contributed by atoms with van der Waals surface area (Å²) in [6.45, 7) is 4.86. The number of aromatic nitrogens is 3. The molecule has 3 nitrogen and oxygen atoms in total. The summed E-state index contributed by atoms with van der Waals surface area (Å²) in [5.41, 5.74) is 16.9. The predicted molar refractivity (Wildman–Crippen MR) is 234 cm³/mol. The van der Waals surface area contributed by atoms with Crippen molar-refractivity contribution in [2.45, 2.75) is 62.7 Å². The second kappa shape index (κ2) is 13.2. The Bertz CT molecular complexity index is 2720. The van der Waals surface area contributed by atoms with Crippen LogP contribution in [0.15, 0.2) is 169 Å². The van der Waals surface area contributed by atoms with Crippen LogP contribution >= 0.6 is 0 Å². The topological polar surface area (TPSA) is 38.7 Å². The zero-order chi connectivity index (χ0) is 38.1. The van der Waals surface area contributed by atoms with Crippen LogP contribution in [-0.2, 0) is 10.8 Å². The molecule has 2 atom stereocenters. The summed E-state index contributed by atoms with van der Waals surface area (Å²) < 4.78 is 0. The van der Waals surface area contributed by atoms with E-state index in [4.69, 9.17) is 15.0 Å². The third kappa shape index (κ3) is 5.51. The van der Waals surface area contributed by atoms with Crippen molar-refractivity contribution in [2.24, 2.45) is 5.92 Å². The van der Waals surface area contributed by atoms with E-state index < -0.39 is 0 Å². The minimum Gasteiger partial charge on any atom is -0.208 e. The molecule has 4 aliphatic rings. The molecule has 0 bridgehead atoms. The SMILES string of the molecule is CC1(C)C2=CC3c4ccccc4C4(CCCCC4)C3C=C2c2ccc(-c3ccc(-c4nc(-c5ccccc5)nc(-c5ccc(-c6ccccc6)cc5)n4)cc3)cc21. The van der Waals surface area contributed by atoms with Crippen molar-refractivity contribution in [1.82, 2.24) is 15.0 Å². The molecule has 4 aliphatic carbocycles. The van der Waals surface area contributed by atoms with Crippen LogP contribution in [0.5, 0.6) is 0 Å². The number of hydrogen-bond acceptors (Lipinski definition) is 3. The summed E-state index contributed by atoms with van der Waals surface area (Å²) in [6, 6.07) is 54.5. The molecule has 1 heterocycles. The molecule has 0 aliphatic heterocycles. The van der Waals surface area contributed by atoms with Crippen LogP contribution in [0.2, 0.25) is 0 Å². The lowest BCUT2D eigenvalue weighted by molar-refractivity contribution is 0.233. The summed E-state index contributed by atoms with van der Waals surface area (Å²) in [5.74, 6) is 2.99. The molecule has 0 radical (unpaired) electrons. The Morgan fingerprint density at radius 1 is 0.456 bits per heavy atom. The molecule has 0 amide bonds. The van der Waals surface area contributed by atoms with Gasteiger partial charge in [-0.15, -0.1) is 0 Å². The second-order valence-electron chi connectivity index (χ2n) is 17.1. The fourth-order valence-electron chi connectivity index (χ4n) is 10.7. The van der Waals surface area contributed by atoms with E-state index in [1.165, 1.54) is 71.1 Å². The highest BCUT2D eigenvalue weighted by Crippen LogP contribution is 2.63. The van der Waals surface area contributed by atoms with E-state index in [2.05, 4.69) is 153 Å². The summed E-state index contributed by atoms with van der Waals surface area (Å²) >= 11 is 0. The summed E-state index contributed by atoms with van der Waals surface area (Å²) in [6.07, 6.45) is 12.1. The van der Waals surface area contributed by atoms with Crippen molar-refractivity contribution >= 4 is 5.57 Å². The number of fused-ring (bicyclic) bond motifs is 8. The van der Waals surface area contributed by atoms with Crippen molar-refractivity contribution in [3.05, 3.63) is 192 Å². The van der Waals surface area contributed by atoms with Gasteiger partial charge in [0.15, 0.2) is 17.5 Å². The fraction of sp³-hybridized carbons (Fsp3) is 0.204. The molecule has 0 saturated heterocycles. The number of nitrogens with zero attached hydrogens (tertiary/aromatic N) is 3. The monoisotopic (exact) mass is 735 g/mol. The molecular weight excluding hydrogens is 691 g/mol. The van der Waals surface area contributed by atoms with Gasteiger partial charge in [-0.3, -0.25) is 0 Å². The molecule has 3 heteroatoms. The van der Waals surface area contributed by atoms with Crippen LogP contribution < -0.4 is 0 Å². The molecule has 1 aromatic heterocycles. The first kappa shape index (κ1) is 34.1. The van der Waals surface area contributed by atoms with E-state index in [1.54, 1.807) is 11.1 Å². The first-order valence-corrected chi connectivity index (χ1v) is 20.7. The van der Waals surface area contributed by atoms with Gasteiger partial charge in [-0.1, -0.05) is 191 Å². The molecule has 1 fully saturated rings. The lowest BCUT2D eigenvalue weighted by Gasteiger charge is -2.41. The Labute approximate surface area is 336 Å². The quantitative estimate of drug-likeness (QED) is 0.177. The van der Waals surface area contributed by atoms with E-state index in [-0.39, 0.29) is 10.8 Å². The molecule has 0 N–H and O–H groups in total. The second-order valence-corrected chi connectivity index (χ2v) is 17.1. The largest absolute Gasteiger partial charge is 0.208 e. The summed E-state index contributed by atoms with van der Waals surface area (Å²) in [7, 11) is 0. The third-order valence-electron chi connectivity index (χ3n) is 13.7. The summed E-state index contributed by atoms with van der Waals surface area (Å²) in [5, 5.41) is 0. The molecule has 6 aromatic carbocycles. The van der Waals surface area contributed by atoms with Crippen LogP contribution in [0.4, 0.5) is 0 Å². The van der Waals surface area contributed by atoms with Gasteiger partial charge in [0.25, 0.3) is 0 Å². The van der Waals surface area contributed by atoms with E-state index in [0.717, 1.165) is 22.3 Å². The smallest absolute Gasteiger partial charge is 0.164 e. The number of rotatable bonds is 5. The van der Waals surface area contributed by atoms with E-state index in [9.17, 15) is 0 Å². The van der Waals surface area contributed by atoms with Crippen LogP contribution in [0.1, 0.15) is 74.1 Å². The van der Waals surface area contributed by atoms with Crippen molar-refractivity contribution in [1.29, 1.82) is 0 Å². The predicted octanol–water partition coefficient (Wildman–Crippen LogP) is 13.4. The van der Waals surface area contributed by atoms with Crippen molar-refractivity contribution < 1.29 is 0 Å². The Morgan fingerprint density at radius 3 is 1.58 bits per heavy atom. The lowest BCUT2D eigenvalue weighted by Crippen LogP contribution is -2.35. The Hall–Kier alpha value is -6.19. The van der Waals surface area contributed by atoms with Gasteiger partial charge in [-0.25, -0.2) is 15.0 Å². The number of hydrogen-bond donors (Lipinski definition) is 0. The normalized spacial score (nSPS) is 19.5. The Balaban J connectivity index is 0.932. The summed E-state index contributed by atoms with van der Waals surface area (Å²) in [4.78, 5) is 15.0. The standard InChI is InChI=1S/C54H45N3/c1-53(2)47-32-41(28-29-43(47)44-34-49-45(33-48(44)53)42-18-10-11-19-46(42)54(49)30-12-5-13-31-54)37-22-26-40(27-23-37)52-56-50(38-16-8-4-9-17-38)55-51(57-52)39-24-20-36(21-25-39)35-14-6-3-7-15-35/h3-4,6-11,14-29,32-34,45,49H,5,12-13,30-31H2,1-2H3. The van der Waals surface area contributed by atoms with Gasteiger partial charge in [0.2, 0.25) is 0 Å². The minimum atomic E-state index is -0.0756. The molecule has 7 aromatic rings. The van der Waals surface area contributed by atoms with Gasteiger partial charge in [0, 0.05) is 33.4 Å². The molecule has 1 saturated carbocycles. The molecule has 57 heavy (non-hydrogen) atoms. The van der Waals surface area contributed by atoms with Crippen molar-refractivity contribution in [2.75, 3.05) is 0 Å². The maximum atomic E-state index is 5.05. The maximum absolute atomic E-state index is 5.05. The molecule has 276 valence electrons. The number of allylic oxidation sites excluding steroid dienone is 4. The first-order chi connectivity index (χ1) is 28.0. The number of benzene rings is 6. The van der Waals surface area contributed by atoms with Gasteiger partial charge in [0.05, 0.1) is 0 Å². The van der Waals surface area contributed by atoms with Crippen LogP contribution in [-0.4, -0.2) is 15.0 Å². The van der Waals surface area contributed by atoms with Crippen molar-refractivity contribution in [3.63, 3.8) is 0 Å². The highest BCUT2D eigenvalue weighted by Gasteiger charge is 2.53. The molecule has 1 spiro atoms. The average Bonchev–Trinajstić information content (AvgIpc) is 3.66. The average molecular weight is 736 g/mol. The molecule has 2 unspecified atom stereocenters. The minimum absolute atomic E-state index is 0.0756. The van der Waals surface area contributed by atoms with E-state index in [1.807, 2.05) is 24.3 Å². The van der Waals surface area contributed by atoms with Crippen LogP contribution in [0.3, 0.4) is 0 Å². The maximum Gasteiger partial charge on any atom is 0.164 e. The first-order valence-electron chi connectivity index (χ1n) is 20.7. The van der Waals surface area contributed by atoms with Crippen molar-refractivity contribution in [3.8, 4) is 56.4 Å². The van der Waals surface area contributed by atoms with Crippen LogP contribution in [0.25, 0.3) is 62.0 Å². The zero-order valence-electron chi connectivity index (χ0n) is 32.6. The molecular formula is C54H45N3. The van der Waals surface area contributed by atoms with Gasteiger partial charge in [-0.2, -0.15) is 0 Å². The fourth-order valence-corrected chi connectivity index (χ4v) is 10.7. The Morgan fingerprint density at radius 2 is 0.947 bits per heavy atom. The highest BCUT2D eigenvalue weighted by molar-refractivity contribution is 5.92. The highest BCUT2D eigenvalue weighted by atomic mass is 15.0.